The Morgan fingerprint density at radius 2 is 1.79 bits per heavy atom. The first-order valence-electron chi connectivity index (χ1n) is 4.69. The Labute approximate surface area is 84.0 Å². The predicted molar refractivity (Wildman–Crippen MR) is 54.3 cm³/mol. The second-order valence-electron chi connectivity index (χ2n) is 3.43. The summed E-state index contributed by atoms with van der Waals surface area (Å²) < 4.78 is 5.44. The van der Waals surface area contributed by atoms with Crippen molar-refractivity contribution in [1.82, 2.24) is 0 Å². The molecule has 0 aliphatic rings. The molecule has 0 radical (unpaired) electrons. The van der Waals surface area contributed by atoms with E-state index in [9.17, 15) is 5.11 Å². The van der Waals surface area contributed by atoms with Gasteiger partial charge >= 0.3 is 0 Å². The third kappa shape index (κ3) is 3.01. The molecule has 1 atom stereocenters. The average Bonchev–Trinajstić information content (AvgIpc) is 2.17. The summed E-state index contributed by atoms with van der Waals surface area (Å²) in [6.07, 6.45) is -0.660. The molecule has 0 saturated heterocycles. The largest absolute Gasteiger partial charge is 0.491 e. The first-order valence-corrected chi connectivity index (χ1v) is 4.69. The van der Waals surface area contributed by atoms with Crippen molar-refractivity contribution in [3.63, 3.8) is 0 Å². The summed E-state index contributed by atoms with van der Waals surface area (Å²) in [7, 11) is 0. The third-order valence-corrected chi connectivity index (χ3v) is 1.81. The molecule has 1 unspecified atom stereocenters. The lowest BCUT2D eigenvalue weighted by molar-refractivity contribution is 0.0955. The molecule has 3 nitrogen and oxygen atoms in total. The maximum atomic E-state index is 9.31. The molecule has 1 aromatic carbocycles. The lowest BCUT2D eigenvalue weighted by Crippen LogP contribution is -2.06. The van der Waals surface area contributed by atoms with E-state index >= 15 is 0 Å². The van der Waals surface area contributed by atoms with Crippen molar-refractivity contribution in [3.05, 3.63) is 29.8 Å². The SMILES string of the molecule is CC(C)Oc1ccc(C(O)CO)cc1. The number of rotatable bonds is 4. The van der Waals surface area contributed by atoms with E-state index in [2.05, 4.69) is 0 Å². The van der Waals surface area contributed by atoms with Crippen molar-refractivity contribution >= 4 is 0 Å². The first-order chi connectivity index (χ1) is 6.63. The van der Waals surface area contributed by atoms with Crippen LogP contribution in [0.3, 0.4) is 0 Å². The van der Waals surface area contributed by atoms with Gasteiger partial charge in [0, 0.05) is 0 Å². The fraction of sp³-hybridized carbons (Fsp3) is 0.455. The van der Waals surface area contributed by atoms with E-state index < -0.39 is 6.10 Å². The number of ether oxygens (including phenoxy) is 1. The minimum absolute atomic E-state index is 0.142. The molecule has 0 spiro atoms. The fourth-order valence-corrected chi connectivity index (χ4v) is 1.15. The standard InChI is InChI=1S/C11H16O3/c1-8(2)14-10-5-3-9(4-6-10)11(13)7-12/h3-6,8,11-13H,7H2,1-2H3. The highest BCUT2D eigenvalue weighted by atomic mass is 16.5. The minimum atomic E-state index is -0.803. The zero-order valence-electron chi connectivity index (χ0n) is 8.47. The van der Waals surface area contributed by atoms with Gasteiger partial charge in [-0.3, -0.25) is 0 Å². The van der Waals surface area contributed by atoms with E-state index in [1.165, 1.54) is 0 Å². The van der Waals surface area contributed by atoms with Gasteiger partial charge in [0.2, 0.25) is 0 Å². The smallest absolute Gasteiger partial charge is 0.119 e. The van der Waals surface area contributed by atoms with Crippen molar-refractivity contribution in [1.29, 1.82) is 0 Å². The molecule has 0 bridgehead atoms. The molecule has 0 aliphatic heterocycles. The molecule has 2 N–H and O–H groups in total. The third-order valence-electron chi connectivity index (χ3n) is 1.81. The monoisotopic (exact) mass is 196 g/mol. The molecule has 0 fully saturated rings. The van der Waals surface area contributed by atoms with Crippen molar-refractivity contribution in [2.75, 3.05) is 6.61 Å². The Kier molecular flexibility index (Phi) is 3.92. The van der Waals surface area contributed by atoms with Crippen LogP contribution < -0.4 is 4.74 Å². The molecule has 14 heavy (non-hydrogen) atoms. The van der Waals surface area contributed by atoms with Gasteiger partial charge in [-0.25, -0.2) is 0 Å². The molecule has 0 amide bonds. The van der Waals surface area contributed by atoms with Crippen LogP contribution in [-0.4, -0.2) is 22.9 Å². The minimum Gasteiger partial charge on any atom is -0.491 e. The lowest BCUT2D eigenvalue weighted by atomic mass is 10.1. The van der Waals surface area contributed by atoms with Gasteiger partial charge in [0.05, 0.1) is 12.7 Å². The van der Waals surface area contributed by atoms with Gasteiger partial charge in [-0.1, -0.05) is 12.1 Å². The highest BCUT2D eigenvalue weighted by Gasteiger charge is 2.05. The molecule has 0 aromatic heterocycles. The lowest BCUT2D eigenvalue weighted by Gasteiger charge is -2.11. The van der Waals surface area contributed by atoms with Gasteiger partial charge in [0.15, 0.2) is 0 Å². The molecule has 78 valence electrons. The predicted octanol–water partition coefficient (Wildman–Crippen LogP) is 1.50. The van der Waals surface area contributed by atoms with Crippen LogP contribution in [0.25, 0.3) is 0 Å². The van der Waals surface area contributed by atoms with Crippen LogP contribution in [0.15, 0.2) is 24.3 Å². The first kappa shape index (κ1) is 11.0. The summed E-state index contributed by atoms with van der Waals surface area (Å²) in [6, 6.07) is 7.07. The highest BCUT2D eigenvalue weighted by molar-refractivity contribution is 5.28. The van der Waals surface area contributed by atoms with Gasteiger partial charge < -0.3 is 14.9 Å². The molecular formula is C11H16O3. The zero-order chi connectivity index (χ0) is 10.6. The molecule has 1 aromatic rings. The molecule has 0 heterocycles. The topological polar surface area (TPSA) is 49.7 Å². The number of benzene rings is 1. The van der Waals surface area contributed by atoms with Crippen LogP contribution in [0, 0.1) is 0 Å². The van der Waals surface area contributed by atoms with Crippen LogP contribution in [0.2, 0.25) is 0 Å². The van der Waals surface area contributed by atoms with E-state index in [4.69, 9.17) is 9.84 Å². The van der Waals surface area contributed by atoms with E-state index in [1.54, 1.807) is 24.3 Å². The second kappa shape index (κ2) is 4.98. The Bertz CT molecular complexity index is 266. The van der Waals surface area contributed by atoms with Crippen LogP contribution in [-0.2, 0) is 0 Å². The van der Waals surface area contributed by atoms with E-state index in [0.717, 1.165) is 5.75 Å². The summed E-state index contributed by atoms with van der Waals surface area (Å²) in [6.45, 7) is 3.65. The Morgan fingerprint density at radius 3 is 2.21 bits per heavy atom. The number of aliphatic hydroxyl groups excluding tert-OH is 2. The van der Waals surface area contributed by atoms with Gasteiger partial charge in [-0.2, -0.15) is 0 Å². The molecule has 3 heteroatoms. The average molecular weight is 196 g/mol. The fourth-order valence-electron chi connectivity index (χ4n) is 1.15. The Morgan fingerprint density at radius 1 is 1.21 bits per heavy atom. The van der Waals surface area contributed by atoms with Crippen LogP contribution >= 0.6 is 0 Å². The van der Waals surface area contributed by atoms with Crippen LogP contribution in [0.1, 0.15) is 25.5 Å². The number of aliphatic hydroxyl groups is 2. The maximum absolute atomic E-state index is 9.31. The number of hydrogen-bond donors (Lipinski definition) is 2. The summed E-state index contributed by atoms with van der Waals surface area (Å²) in [5.74, 6) is 0.772. The Balaban J connectivity index is 2.68. The summed E-state index contributed by atoms with van der Waals surface area (Å²) in [4.78, 5) is 0. The van der Waals surface area contributed by atoms with E-state index in [0.29, 0.717) is 5.56 Å². The van der Waals surface area contributed by atoms with Crippen molar-refractivity contribution in [3.8, 4) is 5.75 Å². The van der Waals surface area contributed by atoms with Crippen molar-refractivity contribution in [2.24, 2.45) is 0 Å². The van der Waals surface area contributed by atoms with Gasteiger partial charge in [0.1, 0.15) is 11.9 Å². The summed E-state index contributed by atoms with van der Waals surface area (Å²) in [5.41, 5.74) is 0.698. The number of hydrogen-bond acceptors (Lipinski definition) is 3. The van der Waals surface area contributed by atoms with Gasteiger partial charge in [-0.15, -0.1) is 0 Å². The molecule has 0 aliphatic carbocycles. The quantitative estimate of drug-likeness (QED) is 0.767. The van der Waals surface area contributed by atoms with Crippen molar-refractivity contribution in [2.45, 2.75) is 26.1 Å². The Hall–Kier alpha value is -1.06. The van der Waals surface area contributed by atoms with E-state index in [-0.39, 0.29) is 12.7 Å². The maximum Gasteiger partial charge on any atom is 0.119 e. The van der Waals surface area contributed by atoms with Crippen LogP contribution in [0.5, 0.6) is 5.75 Å². The highest BCUT2D eigenvalue weighted by Crippen LogP contribution is 2.18. The van der Waals surface area contributed by atoms with Gasteiger partial charge in [-0.05, 0) is 31.5 Å². The van der Waals surface area contributed by atoms with E-state index in [1.807, 2.05) is 13.8 Å². The zero-order valence-corrected chi connectivity index (χ0v) is 8.47. The van der Waals surface area contributed by atoms with Crippen LogP contribution in [0.4, 0.5) is 0 Å². The molecular weight excluding hydrogens is 180 g/mol. The normalized spacial score (nSPS) is 12.9. The van der Waals surface area contributed by atoms with Crippen molar-refractivity contribution < 1.29 is 14.9 Å². The molecule has 1 rings (SSSR count). The van der Waals surface area contributed by atoms with Gasteiger partial charge in [0.25, 0.3) is 0 Å². The summed E-state index contributed by atoms with van der Waals surface area (Å²) >= 11 is 0. The summed E-state index contributed by atoms with van der Waals surface area (Å²) in [5, 5.41) is 18.0. The second-order valence-corrected chi connectivity index (χ2v) is 3.43. The molecule has 0 saturated carbocycles.